The number of halogens is 19. The highest BCUT2D eigenvalue weighted by Crippen LogP contribution is 2.24. The predicted molar refractivity (Wildman–Crippen MR) is 125 cm³/mol. The molecule has 0 amide bonds. The number of hydrogen-bond acceptors (Lipinski definition) is 7. The molecule has 7 nitrogen and oxygen atoms in total. The lowest BCUT2D eigenvalue weighted by molar-refractivity contribution is -0.153. The maximum Gasteiger partial charge on any atom is 0.335 e. The maximum atomic E-state index is 11.8. The van der Waals surface area contributed by atoms with Crippen molar-refractivity contribution in [2.75, 3.05) is 26.2 Å². The lowest BCUT2D eigenvalue weighted by Gasteiger charge is -2.12. The largest absolute Gasteiger partial charge is 0.390 e. The first-order valence-corrected chi connectivity index (χ1v) is 13.3. The monoisotopic (exact) mass is 819 g/mol. The molecule has 0 spiro atoms. The normalized spacial score (nSPS) is 11.3. The Morgan fingerprint density at radius 2 is 1.15 bits per heavy atom. The van der Waals surface area contributed by atoms with Gasteiger partial charge in [-0.15, -0.1) is 24.0 Å². The zero-order valence-electron chi connectivity index (χ0n) is 19.9. The molecule has 0 radical (unpaired) electrons. The third-order valence-electron chi connectivity index (χ3n) is 1.69. The highest BCUT2D eigenvalue weighted by molar-refractivity contribution is 8.26. The van der Waals surface area contributed by atoms with Crippen molar-refractivity contribution in [2.45, 2.75) is 37.0 Å². The molecule has 0 aromatic carbocycles. The molecule has 40 heavy (non-hydrogen) atoms. The standard InChI is InChI=1S/C3H3ClF4O2S.C3H3ClF4.C3H4F4O.CH3F.Cl2OS.ClH.FH.O2S.HOP/c4-11(9)10-1-3(7,8)2(5)6;4-1-3(7,8)2(5)6;4-2(5)3(6,7)1-8;1-2;1-4(2)3;;;1-3-2;1-2/h2H,1H2;2H,1H2;2,8H,1H2;1H3;;2*1H;;2H/i;;;1D;;;;;/hT. The molecule has 30 heteroatoms. The lowest BCUT2D eigenvalue weighted by atomic mass is 10.4. The van der Waals surface area contributed by atoms with Crippen LogP contribution in [-0.2, 0) is 39.8 Å². The third kappa shape index (κ3) is 58.3. The van der Waals surface area contributed by atoms with Crippen molar-refractivity contribution in [3.05, 3.63) is 0 Å². The number of aliphatic hydroxyl groups excluding tert-OH is 1. The summed E-state index contributed by atoms with van der Waals surface area (Å²) >= 11 is 3.71. The van der Waals surface area contributed by atoms with Crippen LogP contribution >= 0.6 is 65.2 Å². The summed E-state index contributed by atoms with van der Waals surface area (Å²) in [5.41, 5.74) is 0. The molecule has 0 saturated heterocycles. The van der Waals surface area contributed by atoms with Crippen LogP contribution in [0, 0.1) is 0 Å². The van der Waals surface area contributed by atoms with Gasteiger partial charge in [-0.1, -0.05) is 0 Å². The van der Waals surface area contributed by atoms with E-state index < -0.39 is 94.4 Å². The smallest absolute Gasteiger partial charge is 0.335 e. The molecule has 254 valence electrons. The van der Waals surface area contributed by atoms with Gasteiger partial charge in [0.1, 0.15) is 22.3 Å². The van der Waals surface area contributed by atoms with Crippen LogP contribution in [0.2, 0.25) is 0 Å². The lowest BCUT2D eigenvalue weighted by Crippen LogP contribution is -2.32. The minimum absolute atomic E-state index is 0. The van der Waals surface area contributed by atoms with Crippen molar-refractivity contribution in [1.29, 1.82) is 1.45 Å². The van der Waals surface area contributed by atoms with Gasteiger partial charge in [-0.2, -0.15) is 34.8 Å². The Morgan fingerprint density at radius 3 is 1.23 bits per heavy atom. The summed E-state index contributed by atoms with van der Waals surface area (Å²) in [5.74, 6) is -13.9. The Labute approximate surface area is 254 Å². The quantitative estimate of drug-likeness (QED) is 0.125. The molecule has 0 fully saturated rings. The molecule has 0 saturated carbocycles. The summed E-state index contributed by atoms with van der Waals surface area (Å²) in [5, 5.41) is 7.53. The molecule has 0 heterocycles. The molecule has 1 N–H and O–H groups in total. The zero-order valence-corrected chi connectivity index (χ0v) is 25.2. The minimum Gasteiger partial charge on any atom is -0.390 e. The summed E-state index contributed by atoms with van der Waals surface area (Å²) in [6.07, 6.45) is -11.3. The average Bonchev–Trinajstić information content (AvgIpc) is 2.86. The van der Waals surface area contributed by atoms with Crippen LogP contribution in [0.15, 0.2) is 0 Å². The van der Waals surface area contributed by atoms with Crippen LogP contribution < -0.4 is 0 Å². The highest BCUT2D eigenvalue weighted by Gasteiger charge is 2.42. The van der Waals surface area contributed by atoms with E-state index in [1.165, 1.54) is 0 Å². The average molecular weight is 822 g/mol. The van der Waals surface area contributed by atoms with Gasteiger partial charge in [0.05, 0.1) is 14.4 Å². The molecular formula is C10H16Cl5F14O7PS3. The van der Waals surface area contributed by atoms with Crippen molar-refractivity contribution in [2.24, 2.45) is 0 Å². The number of hydrogen-bond donors (Lipinski definition) is 1. The third-order valence-corrected chi connectivity index (χ3v) is 2.62. The van der Waals surface area contributed by atoms with Crippen LogP contribution in [0.25, 0.3) is 0 Å². The van der Waals surface area contributed by atoms with E-state index in [9.17, 15) is 61.3 Å². The summed E-state index contributed by atoms with van der Waals surface area (Å²) in [4.78, 5) is 0. The Hall–Kier alpha value is 0.610. The van der Waals surface area contributed by atoms with Crippen LogP contribution in [0.3, 0.4) is 0 Å². The van der Waals surface area contributed by atoms with E-state index in [2.05, 4.69) is 49.3 Å². The first-order chi connectivity index (χ1) is 18.4. The SMILES string of the molecule is Cl.FC(F)C(F)(F)CCl.O=P.O=S(Cl)Cl.O=S(Cl)OCC(F)(F)C(F)F.O=S=O.OCC(F)(F)C(F)F.[2H]CF.[3H]F. The first-order valence-electron chi connectivity index (χ1n) is 8.09. The number of alkyl halides is 14. The van der Waals surface area contributed by atoms with Crippen molar-refractivity contribution in [3.8, 4) is 0 Å². The topological polar surface area (TPSA) is 115 Å². The molecule has 0 aromatic rings. The van der Waals surface area contributed by atoms with Gasteiger partial charge in [-0.05, 0) is 0 Å². The van der Waals surface area contributed by atoms with E-state index in [4.69, 9.17) is 28.4 Å². The van der Waals surface area contributed by atoms with Gasteiger partial charge in [0.2, 0.25) is 9.23 Å². The Bertz CT molecular complexity index is 621. The second-order valence-electron chi connectivity index (χ2n) is 4.19. The first kappa shape index (κ1) is 56.4. The Kier molecular flexibility index (Phi) is 55.9. The van der Waals surface area contributed by atoms with Gasteiger partial charge >= 0.3 is 48.6 Å². The number of rotatable bonds is 8. The summed E-state index contributed by atoms with van der Waals surface area (Å²) in [7, 11) is 10.2. The zero-order chi connectivity index (χ0) is 35.6. The summed E-state index contributed by atoms with van der Waals surface area (Å²) in [6, 6.07) is 0. The van der Waals surface area contributed by atoms with Gasteiger partial charge in [0.15, 0.2) is 0 Å². The van der Waals surface area contributed by atoms with Gasteiger partial charge in [0, 0.05) is 32.0 Å². The molecular weight excluding hydrogens is 803 g/mol. The van der Waals surface area contributed by atoms with Crippen LogP contribution in [0.4, 0.5) is 61.8 Å². The summed E-state index contributed by atoms with van der Waals surface area (Å²) in [6.45, 7) is -3.45. The Balaban J connectivity index is -0.0000000455. The fraction of sp³-hybridized carbons (Fsp3) is 1.00. The minimum atomic E-state index is -4.30. The maximum absolute atomic E-state index is 11.8. The molecule has 0 aliphatic heterocycles. The predicted octanol–water partition coefficient (Wildman–Crippen LogP) is 6.73. The molecule has 1 atom stereocenters. The fourth-order valence-electron chi connectivity index (χ4n) is 0.315. The Morgan fingerprint density at radius 1 is 0.925 bits per heavy atom. The van der Waals surface area contributed by atoms with E-state index in [1.807, 2.05) is 0 Å². The summed E-state index contributed by atoms with van der Waals surface area (Å²) < 4.78 is 211. The van der Waals surface area contributed by atoms with E-state index in [-0.39, 0.29) is 12.4 Å². The van der Waals surface area contributed by atoms with Crippen molar-refractivity contribution < 1.29 is 93.9 Å². The fourth-order valence-corrected chi connectivity index (χ4v) is 0.815. The molecule has 0 bridgehead atoms. The van der Waals surface area contributed by atoms with Crippen molar-refractivity contribution >= 4 is 96.3 Å². The molecule has 0 rings (SSSR count). The second kappa shape index (κ2) is 39.6. The van der Waals surface area contributed by atoms with Crippen LogP contribution in [-0.4, -0.2) is 86.7 Å². The van der Waals surface area contributed by atoms with Crippen LogP contribution in [0.1, 0.15) is 1.37 Å². The van der Waals surface area contributed by atoms with Gasteiger partial charge in [-0.25, -0.2) is 34.8 Å². The number of aliphatic hydroxyl groups is 1. The molecule has 1 unspecified atom stereocenters. The molecule has 0 aliphatic carbocycles. The van der Waals surface area contributed by atoms with Gasteiger partial charge in [-0.3, -0.25) is 17.9 Å². The molecule has 0 aromatic heterocycles. The van der Waals surface area contributed by atoms with Crippen molar-refractivity contribution in [3.63, 3.8) is 0 Å². The van der Waals surface area contributed by atoms with Crippen molar-refractivity contribution in [1.82, 2.24) is 0 Å². The van der Waals surface area contributed by atoms with E-state index in [0.29, 0.717) is 0 Å². The van der Waals surface area contributed by atoms with Gasteiger partial charge < -0.3 is 5.11 Å². The molecule has 0 aliphatic rings. The van der Waals surface area contributed by atoms with E-state index in [1.54, 1.807) is 9.12 Å². The highest BCUT2D eigenvalue weighted by atomic mass is 36.0. The van der Waals surface area contributed by atoms with E-state index in [0.717, 1.165) is 0 Å². The van der Waals surface area contributed by atoms with Gasteiger partial charge in [0.25, 0.3) is 11.7 Å². The second-order valence-corrected chi connectivity index (χ2v) is 8.49. The van der Waals surface area contributed by atoms with Crippen LogP contribution in [0.5, 0.6) is 0 Å². The van der Waals surface area contributed by atoms with E-state index >= 15 is 0 Å².